The van der Waals surface area contributed by atoms with Crippen LogP contribution in [0.25, 0.3) is 10.2 Å². The van der Waals surface area contributed by atoms with Gasteiger partial charge in [0.1, 0.15) is 17.0 Å². The molecule has 0 aliphatic carbocycles. The lowest BCUT2D eigenvalue weighted by Gasteiger charge is -2.16. The maximum Gasteiger partial charge on any atom is 0.264 e. The van der Waals surface area contributed by atoms with Crippen LogP contribution in [-0.2, 0) is 11.3 Å². The second-order valence-corrected chi connectivity index (χ2v) is 9.30. The Morgan fingerprint density at radius 2 is 2.23 bits per heavy atom. The first-order chi connectivity index (χ1) is 14.5. The van der Waals surface area contributed by atoms with Crippen LogP contribution in [0.15, 0.2) is 23.2 Å². The molecule has 1 saturated heterocycles. The number of likely N-dealkylation sites (tertiary alicyclic amines) is 1. The van der Waals surface area contributed by atoms with Gasteiger partial charge < -0.3 is 15.1 Å². The van der Waals surface area contributed by atoms with E-state index in [1.807, 2.05) is 30.3 Å². The molecule has 0 spiro atoms. The molecule has 0 saturated carbocycles. The van der Waals surface area contributed by atoms with E-state index < -0.39 is 0 Å². The summed E-state index contributed by atoms with van der Waals surface area (Å²) in [6, 6.07) is 2.04. The Labute approximate surface area is 183 Å². The van der Waals surface area contributed by atoms with Gasteiger partial charge in [0, 0.05) is 39.6 Å². The van der Waals surface area contributed by atoms with E-state index in [1.54, 1.807) is 16.2 Å². The van der Waals surface area contributed by atoms with Crippen LogP contribution in [0, 0.1) is 6.92 Å². The first kappa shape index (κ1) is 20.7. The summed E-state index contributed by atoms with van der Waals surface area (Å²) in [7, 11) is 1.83. The molecule has 9 heteroatoms. The van der Waals surface area contributed by atoms with Gasteiger partial charge in [-0.25, -0.2) is 9.97 Å². The number of hydrogen-bond acceptors (Lipinski definition) is 7. The number of thiophene rings is 2. The summed E-state index contributed by atoms with van der Waals surface area (Å²) in [4.78, 5) is 38.8. The third kappa shape index (κ3) is 4.32. The molecule has 3 aromatic heterocycles. The molecule has 0 atom stereocenters. The Bertz CT molecular complexity index is 1050. The molecule has 1 aliphatic rings. The average Bonchev–Trinajstić information content (AvgIpc) is 3.46. The topological polar surface area (TPSA) is 78.4 Å². The SMILES string of the molecule is Cc1c(C(=O)N(C)Cc2ccsc2)sc2ncnc(NCCCN3CCCC3=O)c12. The molecule has 0 aromatic carbocycles. The van der Waals surface area contributed by atoms with Crippen molar-refractivity contribution in [1.29, 1.82) is 0 Å². The van der Waals surface area contributed by atoms with Gasteiger partial charge in [-0.15, -0.1) is 11.3 Å². The predicted octanol–water partition coefficient (Wildman–Crippen LogP) is 3.76. The van der Waals surface area contributed by atoms with E-state index in [-0.39, 0.29) is 11.8 Å². The van der Waals surface area contributed by atoms with E-state index in [1.165, 1.54) is 17.7 Å². The van der Waals surface area contributed by atoms with Crippen molar-refractivity contribution >= 4 is 50.5 Å². The van der Waals surface area contributed by atoms with Gasteiger partial charge >= 0.3 is 0 Å². The Balaban J connectivity index is 1.45. The third-order valence-corrected chi connectivity index (χ3v) is 7.26. The lowest BCUT2D eigenvalue weighted by molar-refractivity contribution is -0.127. The molecule has 158 valence electrons. The largest absolute Gasteiger partial charge is 0.369 e. The number of carbonyl (C=O) groups excluding carboxylic acids is 2. The highest BCUT2D eigenvalue weighted by Crippen LogP contribution is 2.34. The second kappa shape index (κ2) is 9.09. The molecule has 0 unspecified atom stereocenters. The van der Waals surface area contributed by atoms with E-state index in [2.05, 4.69) is 20.7 Å². The van der Waals surface area contributed by atoms with Gasteiger partial charge in [-0.3, -0.25) is 9.59 Å². The fourth-order valence-corrected chi connectivity index (χ4v) is 5.53. The minimum absolute atomic E-state index is 0.000181. The highest BCUT2D eigenvalue weighted by atomic mass is 32.1. The standard InChI is InChI=1S/C21H25N5O2S2/c1-14-17-19(22-7-4-9-26-8-3-5-16(26)27)23-13-24-20(17)30-18(14)21(28)25(2)11-15-6-10-29-12-15/h6,10,12-13H,3-5,7-9,11H2,1-2H3,(H,22,23,24). The van der Waals surface area contributed by atoms with Crippen LogP contribution < -0.4 is 5.32 Å². The van der Waals surface area contributed by atoms with Crippen LogP contribution in [0.3, 0.4) is 0 Å². The van der Waals surface area contributed by atoms with E-state index >= 15 is 0 Å². The van der Waals surface area contributed by atoms with Crippen molar-refractivity contribution in [3.63, 3.8) is 0 Å². The number of amides is 2. The Morgan fingerprint density at radius 1 is 1.37 bits per heavy atom. The summed E-state index contributed by atoms with van der Waals surface area (Å²) in [5.74, 6) is 1.00. The monoisotopic (exact) mass is 443 g/mol. The molecule has 0 radical (unpaired) electrons. The molecule has 4 rings (SSSR count). The van der Waals surface area contributed by atoms with Crippen LogP contribution in [0.1, 0.15) is 40.1 Å². The zero-order valence-corrected chi connectivity index (χ0v) is 18.8. The second-order valence-electron chi connectivity index (χ2n) is 7.52. The van der Waals surface area contributed by atoms with E-state index in [0.29, 0.717) is 24.4 Å². The summed E-state index contributed by atoms with van der Waals surface area (Å²) >= 11 is 3.05. The first-order valence-electron chi connectivity index (χ1n) is 10.1. The predicted molar refractivity (Wildman–Crippen MR) is 121 cm³/mol. The van der Waals surface area contributed by atoms with Crippen LogP contribution in [-0.4, -0.2) is 58.3 Å². The molecule has 1 fully saturated rings. The Hall–Kier alpha value is -2.52. The molecule has 0 bridgehead atoms. The molecule has 4 heterocycles. The third-order valence-electron chi connectivity index (χ3n) is 5.34. The van der Waals surface area contributed by atoms with Gasteiger partial charge in [0.05, 0.1) is 10.3 Å². The summed E-state index contributed by atoms with van der Waals surface area (Å²) in [6.07, 6.45) is 4.03. The van der Waals surface area contributed by atoms with Gasteiger partial charge in [-0.2, -0.15) is 11.3 Å². The number of nitrogens with zero attached hydrogens (tertiary/aromatic N) is 4. The van der Waals surface area contributed by atoms with Crippen molar-refractivity contribution in [3.8, 4) is 0 Å². The van der Waals surface area contributed by atoms with Gasteiger partial charge in [0.2, 0.25) is 5.91 Å². The first-order valence-corrected chi connectivity index (χ1v) is 11.8. The lowest BCUT2D eigenvalue weighted by Crippen LogP contribution is -2.27. The van der Waals surface area contributed by atoms with Crippen LogP contribution >= 0.6 is 22.7 Å². The van der Waals surface area contributed by atoms with Crippen molar-refractivity contribution in [1.82, 2.24) is 19.8 Å². The number of anilines is 1. The summed E-state index contributed by atoms with van der Waals surface area (Å²) in [5, 5.41) is 8.37. The van der Waals surface area contributed by atoms with Gasteiger partial charge in [-0.1, -0.05) is 0 Å². The number of nitrogens with one attached hydrogen (secondary N) is 1. The fourth-order valence-electron chi connectivity index (χ4n) is 3.73. The molecule has 3 aromatic rings. The maximum absolute atomic E-state index is 13.0. The number of hydrogen-bond donors (Lipinski definition) is 1. The number of rotatable bonds is 8. The summed E-state index contributed by atoms with van der Waals surface area (Å²) in [5.41, 5.74) is 2.04. The van der Waals surface area contributed by atoms with E-state index in [4.69, 9.17) is 0 Å². The normalized spacial score (nSPS) is 13.9. The number of aromatic nitrogens is 2. The highest BCUT2D eigenvalue weighted by Gasteiger charge is 2.22. The van der Waals surface area contributed by atoms with Gasteiger partial charge in [0.15, 0.2) is 0 Å². The minimum Gasteiger partial charge on any atom is -0.369 e. The fraction of sp³-hybridized carbons (Fsp3) is 0.429. The van der Waals surface area contributed by atoms with Crippen molar-refractivity contribution in [3.05, 3.63) is 39.2 Å². The Kier molecular flexibility index (Phi) is 6.29. The maximum atomic E-state index is 13.0. The smallest absolute Gasteiger partial charge is 0.264 e. The Morgan fingerprint density at radius 3 is 2.97 bits per heavy atom. The molecule has 7 nitrogen and oxygen atoms in total. The van der Waals surface area contributed by atoms with Crippen molar-refractivity contribution in [2.75, 3.05) is 32.0 Å². The van der Waals surface area contributed by atoms with E-state index in [9.17, 15) is 9.59 Å². The summed E-state index contributed by atoms with van der Waals surface area (Å²) in [6.45, 7) is 4.89. The average molecular weight is 444 g/mol. The number of fused-ring (bicyclic) bond motifs is 1. The zero-order valence-electron chi connectivity index (χ0n) is 17.2. The number of carbonyl (C=O) groups is 2. The minimum atomic E-state index is 0.000181. The quantitative estimate of drug-likeness (QED) is 0.537. The summed E-state index contributed by atoms with van der Waals surface area (Å²) < 4.78 is 0. The zero-order chi connectivity index (χ0) is 21.1. The molecular formula is C21H25N5O2S2. The van der Waals surface area contributed by atoms with Gasteiger partial charge in [-0.05, 0) is 47.7 Å². The molecule has 30 heavy (non-hydrogen) atoms. The van der Waals surface area contributed by atoms with Crippen molar-refractivity contribution in [2.45, 2.75) is 32.7 Å². The van der Waals surface area contributed by atoms with Crippen molar-refractivity contribution < 1.29 is 9.59 Å². The number of aryl methyl sites for hydroxylation is 1. The van der Waals surface area contributed by atoms with Gasteiger partial charge in [0.25, 0.3) is 5.91 Å². The molecule has 1 aliphatic heterocycles. The molecule has 1 N–H and O–H groups in total. The van der Waals surface area contributed by atoms with E-state index in [0.717, 1.165) is 53.1 Å². The van der Waals surface area contributed by atoms with Crippen LogP contribution in [0.5, 0.6) is 0 Å². The van der Waals surface area contributed by atoms with Crippen molar-refractivity contribution in [2.24, 2.45) is 0 Å². The molecular weight excluding hydrogens is 418 g/mol. The highest BCUT2D eigenvalue weighted by molar-refractivity contribution is 7.20. The van der Waals surface area contributed by atoms with Crippen LogP contribution in [0.2, 0.25) is 0 Å². The van der Waals surface area contributed by atoms with Crippen LogP contribution in [0.4, 0.5) is 5.82 Å². The lowest BCUT2D eigenvalue weighted by atomic mass is 10.2. The molecule has 2 amide bonds.